The molecule has 0 radical (unpaired) electrons. The molecule has 0 aliphatic heterocycles. The van der Waals surface area contributed by atoms with Gasteiger partial charge in [-0.05, 0) is 93.6 Å². The summed E-state index contributed by atoms with van der Waals surface area (Å²) in [4.78, 5) is 18.8. The van der Waals surface area contributed by atoms with Gasteiger partial charge in [-0.1, -0.05) is 109 Å². The summed E-state index contributed by atoms with van der Waals surface area (Å²) in [7, 11) is 3.07. The summed E-state index contributed by atoms with van der Waals surface area (Å²) in [6.07, 6.45) is 4.90. The van der Waals surface area contributed by atoms with Crippen molar-refractivity contribution in [1.82, 2.24) is 4.98 Å². The molecule has 7 rings (SSSR count). The summed E-state index contributed by atoms with van der Waals surface area (Å²) in [6.45, 7) is 0. The van der Waals surface area contributed by atoms with Crippen LogP contribution in [-0.2, 0) is 36.9 Å². The average molecular weight is 733 g/mol. The van der Waals surface area contributed by atoms with Crippen molar-refractivity contribution >= 4 is 27.3 Å². The number of carbonyl (C=O) groups is 1. The first-order chi connectivity index (χ1) is 26.8. The zero-order chi connectivity index (χ0) is 38.3. The van der Waals surface area contributed by atoms with Gasteiger partial charge in [0.2, 0.25) is 0 Å². The first-order valence-corrected chi connectivity index (χ1v) is 18.7. The molecule has 0 aliphatic carbocycles. The zero-order valence-corrected chi connectivity index (χ0v) is 31.2. The number of Topliss-reactive ketones (excluding diaryl/α,β-unsaturated/α-hetero) is 1. The van der Waals surface area contributed by atoms with Crippen LogP contribution in [0.2, 0.25) is 0 Å². The standard InChI is InChI=1S/C48H46NO6/c1-54-47-26-32(15-18-43(47)50)24-39(23-31-14-16-34-8-3-4-10-36(34)22-31)45(52)29-46(53)40(25-33-20-21-49-30-33)27-38-17-19-44(51)48(55-2)42(38)28-37-12-7-11-35-9-5-6-13-41(35)37/h3-22,26,30,39-40,46,50-51,53H,23-25,27-29H2,1-2H3/q-1/t39-,40-,46-/m1/s1. The second-order valence-corrected chi connectivity index (χ2v) is 14.4. The maximum absolute atomic E-state index is 14.5. The highest BCUT2D eigenvalue weighted by atomic mass is 16.5. The number of carbonyl (C=O) groups excluding carboxylic acids is 1. The van der Waals surface area contributed by atoms with E-state index < -0.39 is 12.0 Å². The summed E-state index contributed by atoms with van der Waals surface area (Å²) in [5, 5.41) is 37.8. The fraction of sp³-hybridized carbons (Fsp3) is 0.229. The van der Waals surface area contributed by atoms with Crippen molar-refractivity contribution in [3.05, 3.63) is 167 Å². The van der Waals surface area contributed by atoms with Crippen LogP contribution in [0.25, 0.3) is 21.5 Å². The minimum atomic E-state index is -0.971. The number of hydrogen-bond donors (Lipinski definition) is 3. The van der Waals surface area contributed by atoms with Crippen LogP contribution in [0.1, 0.15) is 39.8 Å². The molecule has 7 nitrogen and oxygen atoms in total. The van der Waals surface area contributed by atoms with Crippen molar-refractivity contribution in [1.29, 1.82) is 0 Å². The number of aromatic nitrogens is 1. The first-order valence-electron chi connectivity index (χ1n) is 18.7. The predicted octanol–water partition coefficient (Wildman–Crippen LogP) is 8.79. The van der Waals surface area contributed by atoms with Crippen molar-refractivity contribution in [2.24, 2.45) is 11.8 Å². The smallest absolute Gasteiger partial charge is 0.164 e. The Labute approximate surface area is 321 Å². The summed E-state index contributed by atoms with van der Waals surface area (Å²) in [5.41, 5.74) is 5.74. The Bertz CT molecular complexity index is 2400. The Balaban J connectivity index is 1.19. The van der Waals surface area contributed by atoms with Crippen LogP contribution in [0.4, 0.5) is 0 Å². The maximum atomic E-state index is 14.5. The van der Waals surface area contributed by atoms with Gasteiger partial charge in [0, 0.05) is 24.3 Å². The van der Waals surface area contributed by atoms with Crippen LogP contribution in [0.15, 0.2) is 134 Å². The molecule has 0 aliphatic rings. The third kappa shape index (κ3) is 8.69. The number of aliphatic hydroxyl groups is 1. The van der Waals surface area contributed by atoms with Gasteiger partial charge in [-0.2, -0.15) is 12.4 Å². The molecule has 1 heterocycles. The van der Waals surface area contributed by atoms with E-state index >= 15 is 0 Å². The highest BCUT2D eigenvalue weighted by molar-refractivity contribution is 5.86. The highest BCUT2D eigenvalue weighted by Gasteiger charge is 2.29. The van der Waals surface area contributed by atoms with E-state index in [-0.39, 0.29) is 29.6 Å². The lowest BCUT2D eigenvalue weighted by atomic mass is 9.81. The number of aliphatic hydroxyl groups excluding tert-OH is 1. The van der Waals surface area contributed by atoms with E-state index in [9.17, 15) is 20.1 Å². The number of aromatic hydroxyl groups is 2. The Morgan fingerprint density at radius 1 is 0.655 bits per heavy atom. The third-order valence-electron chi connectivity index (χ3n) is 10.8. The van der Waals surface area contributed by atoms with Crippen LogP contribution in [-0.4, -0.2) is 41.4 Å². The number of ketones is 1. The number of nitrogens with zero attached hydrogens (tertiary/aromatic N) is 1. The molecule has 0 saturated heterocycles. The Kier molecular flexibility index (Phi) is 11.5. The van der Waals surface area contributed by atoms with Gasteiger partial charge in [-0.25, -0.2) is 0 Å². The number of rotatable bonds is 16. The van der Waals surface area contributed by atoms with Crippen molar-refractivity contribution in [2.75, 3.05) is 14.2 Å². The van der Waals surface area contributed by atoms with Crippen molar-refractivity contribution in [3.63, 3.8) is 0 Å². The van der Waals surface area contributed by atoms with Gasteiger partial charge in [0.1, 0.15) is 5.78 Å². The number of benzene rings is 6. The van der Waals surface area contributed by atoms with Crippen LogP contribution < -0.4 is 14.5 Å². The average Bonchev–Trinajstić information content (AvgIpc) is 3.72. The molecule has 3 atom stereocenters. The third-order valence-corrected chi connectivity index (χ3v) is 10.8. The van der Waals surface area contributed by atoms with Gasteiger partial charge in [-0.3, -0.25) is 4.79 Å². The number of phenolic OH excluding ortho intramolecular Hbond substituents is 2. The number of methoxy groups -OCH3 is 2. The van der Waals surface area contributed by atoms with E-state index in [0.717, 1.165) is 54.9 Å². The normalized spacial score (nSPS) is 13.1. The molecule has 3 N–H and O–H groups in total. The lowest BCUT2D eigenvalue weighted by molar-refractivity contribution is -0.125. The largest absolute Gasteiger partial charge is 0.670 e. The number of phenols is 2. The van der Waals surface area contributed by atoms with Crippen molar-refractivity contribution in [3.8, 4) is 23.0 Å². The lowest BCUT2D eigenvalue weighted by Crippen LogP contribution is -2.31. The van der Waals surface area contributed by atoms with Crippen molar-refractivity contribution in [2.45, 2.75) is 44.6 Å². The molecule has 55 heavy (non-hydrogen) atoms. The minimum Gasteiger partial charge on any atom is -0.670 e. The van der Waals surface area contributed by atoms with Gasteiger partial charge < -0.3 is 29.8 Å². The van der Waals surface area contributed by atoms with Crippen LogP contribution in [0, 0.1) is 11.8 Å². The molecule has 280 valence electrons. The lowest BCUT2D eigenvalue weighted by Gasteiger charge is -2.27. The quantitative estimate of drug-likeness (QED) is 0.0911. The first kappa shape index (κ1) is 37.3. The molecule has 0 amide bonds. The van der Waals surface area contributed by atoms with Gasteiger partial charge >= 0.3 is 0 Å². The molecule has 0 fully saturated rings. The topological polar surface area (TPSA) is 110 Å². The monoisotopic (exact) mass is 732 g/mol. The van der Waals surface area contributed by atoms with Gasteiger partial charge in [0.05, 0.1) is 20.3 Å². The molecule has 0 saturated carbocycles. The van der Waals surface area contributed by atoms with E-state index in [1.54, 1.807) is 37.7 Å². The van der Waals surface area contributed by atoms with Crippen LogP contribution >= 0.6 is 0 Å². The molecule has 0 unspecified atom stereocenters. The Morgan fingerprint density at radius 3 is 2.13 bits per heavy atom. The fourth-order valence-electron chi connectivity index (χ4n) is 7.90. The SMILES string of the molecule is COc1cc(C[C@@H](Cc2ccc3ccccc3c2)C(=O)C[C@@H](O)[C@H](Cc2cc[n-]c2)Cc2ccc(O)c(OC)c2Cc2cccc3ccccc23)ccc1O. The molecule has 0 bridgehead atoms. The molecular weight excluding hydrogens is 687 g/mol. The number of hydrogen-bond acceptors (Lipinski definition) is 6. The highest BCUT2D eigenvalue weighted by Crippen LogP contribution is 2.38. The maximum Gasteiger partial charge on any atom is 0.164 e. The molecule has 1 aromatic heterocycles. The van der Waals surface area contributed by atoms with Gasteiger partial charge in [-0.15, -0.1) is 0 Å². The summed E-state index contributed by atoms with van der Waals surface area (Å²) in [5.74, 6) is 0.0141. The minimum absolute atomic E-state index is 0.0367. The summed E-state index contributed by atoms with van der Waals surface area (Å²) < 4.78 is 11.2. The number of fused-ring (bicyclic) bond motifs is 2. The Morgan fingerprint density at radius 2 is 1.36 bits per heavy atom. The molecule has 0 spiro atoms. The van der Waals surface area contributed by atoms with E-state index in [2.05, 4.69) is 59.6 Å². The van der Waals surface area contributed by atoms with E-state index in [0.29, 0.717) is 43.6 Å². The van der Waals surface area contributed by atoms with Gasteiger partial charge in [0.25, 0.3) is 0 Å². The molecule has 7 aromatic rings. The van der Waals surface area contributed by atoms with Crippen LogP contribution in [0.3, 0.4) is 0 Å². The molecule has 7 heteroatoms. The van der Waals surface area contributed by atoms with E-state index in [1.165, 1.54) is 7.11 Å². The predicted molar refractivity (Wildman–Crippen MR) is 217 cm³/mol. The summed E-state index contributed by atoms with van der Waals surface area (Å²) in [6, 6.07) is 39.5. The second kappa shape index (κ2) is 17.0. The van der Waals surface area contributed by atoms with E-state index in [4.69, 9.17) is 9.47 Å². The summed E-state index contributed by atoms with van der Waals surface area (Å²) >= 11 is 0. The zero-order valence-electron chi connectivity index (χ0n) is 31.2. The molecular formula is C48H46NO6-. The fourth-order valence-corrected chi connectivity index (χ4v) is 7.90. The van der Waals surface area contributed by atoms with Gasteiger partial charge in [0.15, 0.2) is 23.0 Å². The Hall–Kier alpha value is -6.05. The number of ether oxygens (including phenoxy) is 2. The van der Waals surface area contributed by atoms with Crippen molar-refractivity contribution < 1.29 is 29.6 Å². The van der Waals surface area contributed by atoms with Crippen LogP contribution in [0.5, 0.6) is 23.0 Å². The van der Waals surface area contributed by atoms with E-state index in [1.807, 2.05) is 48.5 Å². The second-order valence-electron chi connectivity index (χ2n) is 14.4. The molecule has 6 aromatic carbocycles.